The highest BCUT2D eigenvalue weighted by Gasteiger charge is 2.00. The maximum Gasteiger partial charge on any atom is 0.270 e. The molecule has 3 heteroatoms. The molecule has 0 aromatic heterocycles. The monoisotopic (exact) mass is 149 g/mol. The van der Waals surface area contributed by atoms with E-state index in [9.17, 15) is 4.79 Å². The van der Waals surface area contributed by atoms with E-state index in [-0.39, 0.29) is 5.84 Å². The van der Waals surface area contributed by atoms with Crippen molar-refractivity contribution in [1.29, 1.82) is 0 Å². The van der Waals surface area contributed by atoms with Gasteiger partial charge in [-0.3, -0.25) is 15.9 Å². The van der Waals surface area contributed by atoms with E-state index in [1.165, 1.54) is 0 Å². The molecule has 0 aliphatic heterocycles. The van der Waals surface area contributed by atoms with Crippen LogP contribution in [0.1, 0.15) is 15.9 Å². The summed E-state index contributed by atoms with van der Waals surface area (Å²) in [5.41, 5.74) is 6.58. The highest BCUT2D eigenvalue weighted by molar-refractivity contribution is 5.94. The first-order chi connectivity index (χ1) is 5.24. The number of amidine groups is 1. The molecule has 1 aromatic carbocycles. The lowest BCUT2D eigenvalue weighted by Gasteiger charge is -1.92. The van der Waals surface area contributed by atoms with E-state index in [0.717, 1.165) is 6.29 Å². The van der Waals surface area contributed by atoms with Crippen LogP contribution in [0.25, 0.3) is 0 Å². The minimum atomic E-state index is 0.230. The van der Waals surface area contributed by atoms with Crippen molar-refractivity contribution in [3.05, 3.63) is 35.4 Å². The Bertz CT molecular complexity index is 294. The third-order valence-electron chi connectivity index (χ3n) is 1.36. The first-order valence-electron chi connectivity index (χ1n) is 3.17. The summed E-state index contributed by atoms with van der Waals surface area (Å²) in [5.74, 6) is 0.230. The summed E-state index contributed by atoms with van der Waals surface area (Å²) in [6, 6.07) is 6.82. The molecule has 0 saturated carbocycles. The number of carbonyl (C=O) groups excluding carboxylic acids is 1. The van der Waals surface area contributed by atoms with Crippen LogP contribution in [-0.4, -0.2) is 12.1 Å². The summed E-state index contributed by atoms with van der Waals surface area (Å²) in [6.45, 7) is 0. The van der Waals surface area contributed by atoms with Crippen LogP contribution >= 0.6 is 0 Å². The number of aldehydes is 1. The molecular formula is C8H9N2O+. The first-order valence-corrected chi connectivity index (χ1v) is 3.17. The molecule has 1 aromatic rings. The van der Waals surface area contributed by atoms with Gasteiger partial charge in [-0.05, 0) is 12.1 Å². The van der Waals surface area contributed by atoms with Crippen LogP contribution in [0.3, 0.4) is 0 Å². The normalized spacial score (nSPS) is 9.09. The maximum atomic E-state index is 10.3. The van der Waals surface area contributed by atoms with Crippen molar-refractivity contribution < 1.29 is 10.2 Å². The summed E-state index contributed by atoms with van der Waals surface area (Å²) < 4.78 is 0. The number of hydrogen-bond donors (Lipinski definition) is 2. The predicted octanol–water partition coefficient (Wildman–Crippen LogP) is -1.04. The van der Waals surface area contributed by atoms with Gasteiger partial charge in [0.25, 0.3) is 5.84 Å². The van der Waals surface area contributed by atoms with Gasteiger partial charge in [0.15, 0.2) is 0 Å². The molecule has 3 nitrogen and oxygen atoms in total. The van der Waals surface area contributed by atoms with Gasteiger partial charge in [0.05, 0.1) is 5.56 Å². The molecule has 0 aliphatic carbocycles. The van der Waals surface area contributed by atoms with Crippen molar-refractivity contribution >= 4 is 12.1 Å². The second-order valence-corrected chi connectivity index (χ2v) is 2.20. The Balaban J connectivity index is 3.10. The highest BCUT2D eigenvalue weighted by Crippen LogP contribution is 2.00. The standard InChI is InChI=1S/C8H8N2O/c9-8(10)7-3-1-2-6(4-7)5-11/h1-5H,(H3,9,10)/p+1. The van der Waals surface area contributed by atoms with Crippen LogP contribution in [0.5, 0.6) is 0 Å². The number of benzene rings is 1. The van der Waals surface area contributed by atoms with Crippen LogP contribution in [0.4, 0.5) is 0 Å². The van der Waals surface area contributed by atoms with Crippen LogP contribution < -0.4 is 11.1 Å². The quantitative estimate of drug-likeness (QED) is 0.320. The fourth-order valence-corrected chi connectivity index (χ4v) is 0.792. The Morgan fingerprint density at radius 1 is 1.55 bits per heavy atom. The van der Waals surface area contributed by atoms with Crippen molar-refractivity contribution in [3.8, 4) is 0 Å². The molecule has 0 radical (unpaired) electrons. The first kappa shape index (κ1) is 7.47. The molecule has 0 amide bonds. The van der Waals surface area contributed by atoms with Crippen LogP contribution in [0.2, 0.25) is 0 Å². The number of nitrogens with two attached hydrogens (primary N) is 2. The van der Waals surface area contributed by atoms with Crippen molar-refractivity contribution in [2.75, 3.05) is 0 Å². The lowest BCUT2D eigenvalue weighted by molar-refractivity contribution is -0.114. The summed E-state index contributed by atoms with van der Waals surface area (Å²) in [6.07, 6.45) is 0.756. The fraction of sp³-hybridized carbons (Fsp3) is 0. The number of hydrogen-bond acceptors (Lipinski definition) is 1. The minimum Gasteiger partial charge on any atom is -0.298 e. The van der Waals surface area contributed by atoms with Gasteiger partial charge in [-0.2, -0.15) is 0 Å². The highest BCUT2D eigenvalue weighted by atomic mass is 16.1. The Labute approximate surface area is 64.3 Å². The van der Waals surface area contributed by atoms with E-state index in [2.05, 4.69) is 0 Å². The summed E-state index contributed by atoms with van der Waals surface area (Å²) in [7, 11) is 0. The molecule has 56 valence electrons. The van der Waals surface area contributed by atoms with Gasteiger partial charge in [0.1, 0.15) is 6.29 Å². The molecular weight excluding hydrogens is 140 g/mol. The van der Waals surface area contributed by atoms with Crippen molar-refractivity contribution in [1.82, 2.24) is 0 Å². The molecule has 4 N–H and O–H groups in total. The molecule has 0 bridgehead atoms. The van der Waals surface area contributed by atoms with E-state index >= 15 is 0 Å². The smallest absolute Gasteiger partial charge is 0.270 e. The molecule has 0 aliphatic rings. The Kier molecular flexibility index (Phi) is 2.01. The van der Waals surface area contributed by atoms with Crippen LogP contribution in [0, 0.1) is 0 Å². The van der Waals surface area contributed by atoms with Gasteiger partial charge in [-0.1, -0.05) is 12.1 Å². The molecule has 0 atom stereocenters. The molecule has 0 spiro atoms. The molecule has 11 heavy (non-hydrogen) atoms. The van der Waals surface area contributed by atoms with Crippen LogP contribution in [-0.2, 0) is 0 Å². The number of carbonyl (C=O) groups is 1. The van der Waals surface area contributed by atoms with Crippen molar-refractivity contribution in [2.24, 2.45) is 5.73 Å². The SMILES string of the molecule is NC(=[NH2+])c1cccc(C=O)c1. The van der Waals surface area contributed by atoms with E-state index in [1.807, 2.05) is 0 Å². The molecule has 0 fully saturated rings. The zero-order valence-electron chi connectivity index (χ0n) is 5.95. The van der Waals surface area contributed by atoms with Gasteiger partial charge >= 0.3 is 0 Å². The van der Waals surface area contributed by atoms with Gasteiger partial charge in [0.2, 0.25) is 0 Å². The maximum absolute atomic E-state index is 10.3. The summed E-state index contributed by atoms with van der Waals surface area (Å²) >= 11 is 0. The second kappa shape index (κ2) is 2.96. The number of rotatable bonds is 2. The van der Waals surface area contributed by atoms with Crippen molar-refractivity contribution in [3.63, 3.8) is 0 Å². The zero-order chi connectivity index (χ0) is 8.27. The average molecular weight is 149 g/mol. The van der Waals surface area contributed by atoms with E-state index in [0.29, 0.717) is 11.1 Å². The van der Waals surface area contributed by atoms with Gasteiger partial charge in [0, 0.05) is 5.56 Å². The summed E-state index contributed by atoms with van der Waals surface area (Å²) in [4.78, 5) is 10.3. The van der Waals surface area contributed by atoms with Gasteiger partial charge < -0.3 is 0 Å². The molecule has 0 heterocycles. The topological polar surface area (TPSA) is 68.7 Å². The lowest BCUT2D eigenvalue weighted by atomic mass is 10.1. The van der Waals surface area contributed by atoms with Gasteiger partial charge in [-0.25, -0.2) is 0 Å². The van der Waals surface area contributed by atoms with E-state index in [1.54, 1.807) is 24.3 Å². The van der Waals surface area contributed by atoms with Crippen LogP contribution in [0.15, 0.2) is 24.3 Å². The van der Waals surface area contributed by atoms with Crippen molar-refractivity contribution in [2.45, 2.75) is 0 Å². The fourth-order valence-electron chi connectivity index (χ4n) is 0.792. The second-order valence-electron chi connectivity index (χ2n) is 2.20. The Morgan fingerprint density at radius 2 is 2.27 bits per heavy atom. The average Bonchev–Trinajstić information content (AvgIpc) is 2.05. The third-order valence-corrected chi connectivity index (χ3v) is 1.36. The minimum absolute atomic E-state index is 0.230. The third kappa shape index (κ3) is 1.64. The summed E-state index contributed by atoms with van der Waals surface area (Å²) in [5, 5.41) is 5.32. The molecule has 0 unspecified atom stereocenters. The molecule has 1 rings (SSSR count). The zero-order valence-corrected chi connectivity index (χ0v) is 5.95. The molecule has 0 saturated heterocycles. The lowest BCUT2D eigenvalue weighted by Crippen LogP contribution is -2.46. The van der Waals surface area contributed by atoms with Gasteiger partial charge in [-0.15, -0.1) is 0 Å². The van der Waals surface area contributed by atoms with E-state index < -0.39 is 0 Å². The largest absolute Gasteiger partial charge is 0.298 e. The Morgan fingerprint density at radius 3 is 2.82 bits per heavy atom. The Hall–Kier alpha value is -1.64. The van der Waals surface area contributed by atoms with E-state index in [4.69, 9.17) is 11.1 Å². The predicted molar refractivity (Wildman–Crippen MR) is 42.1 cm³/mol.